The van der Waals surface area contributed by atoms with Gasteiger partial charge in [-0.25, -0.2) is 9.78 Å². The normalized spacial score (nSPS) is 18.7. The van der Waals surface area contributed by atoms with Gasteiger partial charge in [0.05, 0.1) is 6.33 Å². The summed E-state index contributed by atoms with van der Waals surface area (Å²) in [7, 11) is 1.54. The molecule has 3 rings (SSSR count). The molecular weight excluding hydrogens is 270 g/mol. The van der Waals surface area contributed by atoms with Crippen molar-refractivity contribution < 1.29 is 0 Å². The molecule has 0 saturated carbocycles. The molecule has 0 aromatic carbocycles. The van der Waals surface area contributed by atoms with E-state index in [0.29, 0.717) is 17.7 Å². The van der Waals surface area contributed by atoms with Gasteiger partial charge in [0.25, 0.3) is 5.56 Å². The average molecular weight is 291 g/mol. The van der Waals surface area contributed by atoms with Gasteiger partial charge in [0.1, 0.15) is 0 Å². The number of nitrogens with zero attached hydrogens (tertiary/aromatic N) is 4. The van der Waals surface area contributed by atoms with Crippen LogP contribution in [0.4, 0.5) is 0 Å². The molecule has 114 valence electrons. The lowest BCUT2D eigenvalue weighted by Crippen LogP contribution is -2.39. The van der Waals surface area contributed by atoms with Crippen LogP contribution < -0.4 is 16.6 Å². The maximum atomic E-state index is 12.5. The Morgan fingerprint density at radius 1 is 1.43 bits per heavy atom. The fourth-order valence-corrected chi connectivity index (χ4v) is 2.94. The second kappa shape index (κ2) is 5.48. The fourth-order valence-electron chi connectivity index (χ4n) is 2.94. The lowest BCUT2D eigenvalue weighted by molar-refractivity contribution is 0.553. The van der Waals surface area contributed by atoms with Crippen molar-refractivity contribution in [1.82, 2.24) is 24.0 Å². The molecule has 1 aliphatic rings. The molecule has 21 heavy (non-hydrogen) atoms. The zero-order valence-corrected chi connectivity index (χ0v) is 12.5. The highest BCUT2D eigenvalue weighted by Crippen LogP contribution is 2.19. The van der Waals surface area contributed by atoms with Gasteiger partial charge in [0.2, 0.25) is 0 Å². The summed E-state index contributed by atoms with van der Waals surface area (Å²) in [6.45, 7) is 4.45. The van der Waals surface area contributed by atoms with Gasteiger partial charge < -0.3 is 9.88 Å². The molecule has 1 fully saturated rings. The van der Waals surface area contributed by atoms with E-state index in [-0.39, 0.29) is 17.3 Å². The summed E-state index contributed by atoms with van der Waals surface area (Å²) in [5.41, 5.74) is 0.522. The van der Waals surface area contributed by atoms with Crippen molar-refractivity contribution >= 4 is 11.2 Å². The number of hydrogen-bond acceptors (Lipinski definition) is 4. The largest absolute Gasteiger partial charge is 0.332 e. The van der Waals surface area contributed by atoms with E-state index in [1.807, 2.05) is 4.57 Å². The third-order valence-electron chi connectivity index (χ3n) is 4.22. The predicted molar refractivity (Wildman–Crippen MR) is 80.7 cm³/mol. The van der Waals surface area contributed by atoms with Gasteiger partial charge in [0.15, 0.2) is 11.2 Å². The van der Waals surface area contributed by atoms with E-state index in [0.717, 1.165) is 32.4 Å². The Labute approximate surface area is 122 Å². The third-order valence-corrected chi connectivity index (χ3v) is 4.22. The Morgan fingerprint density at radius 2 is 2.24 bits per heavy atom. The van der Waals surface area contributed by atoms with Gasteiger partial charge in [-0.15, -0.1) is 0 Å². The molecule has 3 heterocycles. The highest BCUT2D eigenvalue weighted by Gasteiger charge is 2.22. The Kier molecular flexibility index (Phi) is 3.67. The van der Waals surface area contributed by atoms with Gasteiger partial charge in [-0.2, -0.15) is 0 Å². The van der Waals surface area contributed by atoms with Crippen LogP contribution >= 0.6 is 0 Å². The number of fused-ring (bicyclic) bond motifs is 1. The Morgan fingerprint density at radius 3 is 2.90 bits per heavy atom. The molecule has 1 N–H and O–H groups in total. The summed E-state index contributed by atoms with van der Waals surface area (Å²) in [5, 5.41) is 3.29. The van der Waals surface area contributed by atoms with E-state index in [4.69, 9.17) is 0 Å². The van der Waals surface area contributed by atoms with Crippen molar-refractivity contribution in [2.45, 2.75) is 38.8 Å². The smallest absolute Gasteiger partial charge is 0.320 e. The van der Waals surface area contributed by atoms with Crippen LogP contribution in [0.25, 0.3) is 11.2 Å². The Bertz CT molecular complexity index is 764. The molecule has 1 aliphatic heterocycles. The summed E-state index contributed by atoms with van der Waals surface area (Å²) in [4.78, 5) is 29.2. The van der Waals surface area contributed by atoms with Crippen LogP contribution in [0.5, 0.6) is 0 Å². The molecule has 2 aromatic heterocycles. The summed E-state index contributed by atoms with van der Waals surface area (Å²) in [6.07, 6.45) is 4.56. The zero-order valence-electron chi connectivity index (χ0n) is 12.5. The zero-order chi connectivity index (χ0) is 15.0. The van der Waals surface area contributed by atoms with Crippen molar-refractivity contribution in [3.63, 3.8) is 0 Å². The van der Waals surface area contributed by atoms with Crippen LogP contribution in [-0.4, -0.2) is 31.8 Å². The summed E-state index contributed by atoms with van der Waals surface area (Å²) in [5.74, 6) is 0. The summed E-state index contributed by atoms with van der Waals surface area (Å²) in [6, 6.07) is 0.236. The molecule has 1 saturated heterocycles. The molecule has 0 aliphatic carbocycles. The van der Waals surface area contributed by atoms with Crippen LogP contribution in [0.3, 0.4) is 0 Å². The second-order valence-corrected chi connectivity index (χ2v) is 5.62. The average Bonchev–Trinajstić information content (AvgIpc) is 3.13. The van der Waals surface area contributed by atoms with E-state index < -0.39 is 0 Å². The van der Waals surface area contributed by atoms with Gasteiger partial charge in [-0.05, 0) is 19.4 Å². The SMILES string of the molecule is CCCCn1c(=O)n(C)c(=O)c2c1ncn2C1CCNC1. The lowest BCUT2D eigenvalue weighted by Gasteiger charge is -2.13. The van der Waals surface area contributed by atoms with Crippen molar-refractivity contribution in [1.29, 1.82) is 0 Å². The molecule has 1 unspecified atom stereocenters. The minimum atomic E-state index is -0.282. The number of aryl methyl sites for hydroxylation is 1. The maximum Gasteiger partial charge on any atom is 0.332 e. The van der Waals surface area contributed by atoms with E-state index in [1.165, 1.54) is 11.6 Å². The summed E-state index contributed by atoms with van der Waals surface area (Å²) >= 11 is 0. The van der Waals surface area contributed by atoms with Crippen LogP contribution in [0, 0.1) is 0 Å². The quantitative estimate of drug-likeness (QED) is 0.875. The first kappa shape index (κ1) is 14.1. The number of rotatable bonds is 4. The molecule has 0 bridgehead atoms. The molecule has 2 aromatic rings. The minimum Gasteiger partial charge on any atom is -0.320 e. The first-order valence-corrected chi connectivity index (χ1v) is 7.52. The van der Waals surface area contributed by atoms with Crippen molar-refractivity contribution in [2.24, 2.45) is 7.05 Å². The summed E-state index contributed by atoms with van der Waals surface area (Å²) < 4.78 is 4.75. The Balaban J connectivity index is 2.24. The highest BCUT2D eigenvalue weighted by atomic mass is 16.2. The number of imidazole rings is 1. The van der Waals surface area contributed by atoms with E-state index in [1.54, 1.807) is 10.9 Å². The van der Waals surface area contributed by atoms with Crippen molar-refractivity contribution in [3.05, 3.63) is 27.2 Å². The van der Waals surface area contributed by atoms with Gasteiger partial charge in [-0.3, -0.25) is 13.9 Å². The van der Waals surface area contributed by atoms with Gasteiger partial charge in [-0.1, -0.05) is 13.3 Å². The van der Waals surface area contributed by atoms with Crippen LogP contribution in [0.15, 0.2) is 15.9 Å². The second-order valence-electron chi connectivity index (χ2n) is 5.62. The first-order chi connectivity index (χ1) is 10.1. The first-order valence-electron chi connectivity index (χ1n) is 7.52. The predicted octanol–water partition coefficient (Wildman–Crippen LogP) is 0.231. The van der Waals surface area contributed by atoms with Crippen LogP contribution in [-0.2, 0) is 13.6 Å². The number of unbranched alkanes of at least 4 members (excludes halogenated alkanes) is 1. The minimum absolute atomic E-state index is 0.236. The number of nitrogens with one attached hydrogen (secondary N) is 1. The number of aromatic nitrogens is 4. The highest BCUT2D eigenvalue weighted by molar-refractivity contribution is 5.70. The van der Waals surface area contributed by atoms with Gasteiger partial charge >= 0.3 is 5.69 Å². The van der Waals surface area contributed by atoms with E-state index in [2.05, 4.69) is 17.2 Å². The van der Waals surface area contributed by atoms with E-state index in [9.17, 15) is 9.59 Å². The third kappa shape index (κ3) is 2.21. The van der Waals surface area contributed by atoms with Crippen molar-refractivity contribution in [3.8, 4) is 0 Å². The lowest BCUT2D eigenvalue weighted by atomic mass is 10.2. The monoisotopic (exact) mass is 291 g/mol. The topological polar surface area (TPSA) is 73.8 Å². The molecule has 0 amide bonds. The van der Waals surface area contributed by atoms with Gasteiger partial charge in [0, 0.05) is 26.2 Å². The van der Waals surface area contributed by atoms with Crippen LogP contribution in [0.2, 0.25) is 0 Å². The van der Waals surface area contributed by atoms with E-state index >= 15 is 0 Å². The molecular formula is C14H21N5O2. The molecule has 7 heteroatoms. The van der Waals surface area contributed by atoms with Crippen molar-refractivity contribution in [2.75, 3.05) is 13.1 Å². The fraction of sp³-hybridized carbons (Fsp3) is 0.643. The number of hydrogen-bond donors (Lipinski definition) is 1. The molecule has 7 nitrogen and oxygen atoms in total. The standard InChI is InChI=1S/C14H21N5O2/c1-3-4-7-18-12-11(13(20)17(2)14(18)21)19(9-16-12)10-5-6-15-8-10/h9-10,15H,3-8H2,1-2H3. The molecule has 0 radical (unpaired) electrons. The molecule has 0 spiro atoms. The maximum absolute atomic E-state index is 12.5. The molecule has 1 atom stereocenters. The van der Waals surface area contributed by atoms with Crippen LogP contribution in [0.1, 0.15) is 32.2 Å². The Hall–Kier alpha value is -1.89.